The highest BCUT2D eigenvalue weighted by molar-refractivity contribution is 7.80. The van der Waals surface area contributed by atoms with Gasteiger partial charge in [0, 0.05) is 6.54 Å². The second kappa shape index (κ2) is 5.15. The lowest BCUT2D eigenvalue weighted by molar-refractivity contribution is 0.331. The number of anilines is 1. The Morgan fingerprint density at radius 1 is 1.59 bits per heavy atom. The first-order chi connectivity index (χ1) is 8.20. The van der Waals surface area contributed by atoms with Gasteiger partial charge in [-0.15, -0.1) is 12.6 Å². The van der Waals surface area contributed by atoms with Crippen molar-refractivity contribution < 1.29 is 5.11 Å². The van der Waals surface area contributed by atoms with Gasteiger partial charge in [-0.3, -0.25) is 0 Å². The van der Waals surface area contributed by atoms with Crippen LogP contribution in [0.4, 0.5) is 5.82 Å². The van der Waals surface area contributed by atoms with Gasteiger partial charge in [-0.25, -0.2) is 15.0 Å². The third-order valence-corrected chi connectivity index (χ3v) is 2.44. The fourth-order valence-corrected chi connectivity index (χ4v) is 1.53. The minimum absolute atomic E-state index is 0.0566. The molecule has 0 saturated carbocycles. The van der Waals surface area contributed by atoms with E-state index in [0.717, 1.165) is 5.57 Å². The molecule has 2 aromatic rings. The molecule has 2 rings (SSSR count). The summed E-state index contributed by atoms with van der Waals surface area (Å²) in [7, 11) is 0. The van der Waals surface area contributed by atoms with Gasteiger partial charge >= 0.3 is 0 Å². The molecular weight excluding hydrogens is 238 g/mol. The van der Waals surface area contributed by atoms with Crippen molar-refractivity contribution in [2.24, 2.45) is 0 Å². The summed E-state index contributed by atoms with van der Waals surface area (Å²) < 4.78 is 0. The maximum atomic E-state index is 8.86. The first kappa shape index (κ1) is 11.9. The normalized spacial score (nSPS) is 12.1. The molecule has 0 radical (unpaired) electrons. The number of hydrogen-bond donors (Lipinski definition) is 4. The van der Waals surface area contributed by atoms with Gasteiger partial charge in [0.05, 0.1) is 12.9 Å². The molecule has 0 aromatic carbocycles. The van der Waals surface area contributed by atoms with Gasteiger partial charge in [0.15, 0.2) is 16.6 Å². The van der Waals surface area contributed by atoms with Gasteiger partial charge in [-0.1, -0.05) is 11.6 Å². The SMILES string of the molecule is C/C(=C\CNc1nc(S)nc2[nH]cnc12)CO. The van der Waals surface area contributed by atoms with E-state index in [1.807, 2.05) is 13.0 Å². The van der Waals surface area contributed by atoms with E-state index in [1.165, 1.54) is 0 Å². The van der Waals surface area contributed by atoms with Gasteiger partial charge in [-0.2, -0.15) is 0 Å². The summed E-state index contributed by atoms with van der Waals surface area (Å²) in [4.78, 5) is 15.3. The summed E-state index contributed by atoms with van der Waals surface area (Å²) in [5, 5.41) is 12.4. The average molecular weight is 251 g/mol. The largest absolute Gasteiger partial charge is 0.392 e. The molecule has 17 heavy (non-hydrogen) atoms. The van der Waals surface area contributed by atoms with Gasteiger partial charge in [0.25, 0.3) is 0 Å². The first-order valence-corrected chi connectivity index (χ1v) is 5.56. The predicted molar refractivity (Wildman–Crippen MR) is 68.3 cm³/mol. The van der Waals surface area contributed by atoms with Crippen LogP contribution in [0.3, 0.4) is 0 Å². The number of aliphatic hydroxyl groups is 1. The van der Waals surface area contributed by atoms with E-state index >= 15 is 0 Å². The molecule has 0 aliphatic rings. The standard InChI is InChI=1S/C10H13N5OS/c1-6(4-16)2-3-11-8-7-9(13-5-12-7)15-10(17)14-8/h2,5,16H,3-4H2,1H3,(H3,11,12,13,14,15,17)/b6-2+. The Morgan fingerprint density at radius 3 is 3.18 bits per heavy atom. The molecule has 0 unspecified atom stereocenters. The average Bonchev–Trinajstić information content (AvgIpc) is 2.76. The molecule has 0 saturated heterocycles. The Labute approximate surface area is 104 Å². The van der Waals surface area contributed by atoms with E-state index in [4.69, 9.17) is 5.11 Å². The van der Waals surface area contributed by atoms with Gasteiger partial charge in [0.2, 0.25) is 0 Å². The van der Waals surface area contributed by atoms with Crippen LogP contribution in [0, 0.1) is 0 Å². The number of rotatable bonds is 4. The minimum Gasteiger partial charge on any atom is -0.392 e. The van der Waals surface area contributed by atoms with Crippen molar-refractivity contribution in [1.82, 2.24) is 19.9 Å². The maximum Gasteiger partial charge on any atom is 0.188 e. The monoisotopic (exact) mass is 251 g/mol. The molecule has 2 aromatic heterocycles. The lowest BCUT2D eigenvalue weighted by Crippen LogP contribution is -2.04. The number of thiol groups is 1. The second-order valence-electron chi connectivity index (χ2n) is 3.56. The lowest BCUT2D eigenvalue weighted by Gasteiger charge is -2.04. The quantitative estimate of drug-likeness (QED) is 0.370. The predicted octanol–water partition coefficient (Wildman–Crippen LogP) is 0.992. The third-order valence-electron chi connectivity index (χ3n) is 2.24. The Balaban J connectivity index is 2.20. The van der Waals surface area contributed by atoms with Gasteiger partial charge in [-0.05, 0) is 6.92 Å². The molecule has 0 atom stereocenters. The molecule has 0 spiro atoms. The Hall–Kier alpha value is -1.60. The Bertz CT molecular complexity index is 551. The van der Waals surface area contributed by atoms with Crippen LogP contribution >= 0.6 is 12.6 Å². The topological polar surface area (TPSA) is 86.7 Å². The van der Waals surface area contributed by atoms with Crippen molar-refractivity contribution in [3.8, 4) is 0 Å². The van der Waals surface area contributed by atoms with Crippen molar-refractivity contribution in [2.45, 2.75) is 12.1 Å². The highest BCUT2D eigenvalue weighted by Crippen LogP contribution is 2.17. The Morgan fingerprint density at radius 2 is 2.41 bits per heavy atom. The zero-order valence-electron chi connectivity index (χ0n) is 9.30. The van der Waals surface area contributed by atoms with E-state index in [-0.39, 0.29) is 6.61 Å². The summed E-state index contributed by atoms with van der Waals surface area (Å²) in [6.45, 7) is 2.48. The second-order valence-corrected chi connectivity index (χ2v) is 3.96. The summed E-state index contributed by atoms with van der Waals surface area (Å²) in [5.74, 6) is 0.628. The highest BCUT2D eigenvalue weighted by atomic mass is 32.1. The molecule has 0 bridgehead atoms. The number of nitrogens with one attached hydrogen (secondary N) is 2. The first-order valence-electron chi connectivity index (χ1n) is 5.11. The number of aromatic nitrogens is 4. The number of imidazole rings is 1. The molecule has 2 heterocycles. The molecule has 0 amide bonds. The molecule has 0 aliphatic carbocycles. The van der Waals surface area contributed by atoms with Crippen LogP contribution in [-0.2, 0) is 0 Å². The molecule has 7 heteroatoms. The molecule has 0 aliphatic heterocycles. The molecule has 3 N–H and O–H groups in total. The minimum atomic E-state index is 0.0566. The van der Waals surface area contributed by atoms with E-state index in [9.17, 15) is 0 Å². The van der Waals surface area contributed by atoms with E-state index in [1.54, 1.807) is 6.33 Å². The molecular formula is C10H13N5OS. The smallest absolute Gasteiger partial charge is 0.188 e. The molecule has 0 fully saturated rings. The number of nitrogens with zero attached hydrogens (tertiary/aromatic N) is 3. The summed E-state index contributed by atoms with van der Waals surface area (Å²) in [5.41, 5.74) is 2.23. The van der Waals surface area contributed by atoms with Crippen LogP contribution < -0.4 is 5.32 Å². The van der Waals surface area contributed by atoms with Crippen LogP contribution in [0.1, 0.15) is 6.92 Å². The summed E-state index contributed by atoms with van der Waals surface area (Å²) in [6.07, 6.45) is 3.45. The van der Waals surface area contributed by atoms with E-state index in [0.29, 0.717) is 28.7 Å². The van der Waals surface area contributed by atoms with Crippen LogP contribution in [0.15, 0.2) is 23.1 Å². The number of aromatic amines is 1. The van der Waals surface area contributed by atoms with Crippen molar-refractivity contribution in [3.63, 3.8) is 0 Å². The third kappa shape index (κ3) is 2.75. The lowest BCUT2D eigenvalue weighted by atomic mass is 10.3. The Kier molecular flexibility index (Phi) is 3.60. The maximum absolute atomic E-state index is 8.86. The van der Waals surface area contributed by atoms with E-state index in [2.05, 4.69) is 37.9 Å². The number of hydrogen-bond acceptors (Lipinski definition) is 6. The van der Waals surface area contributed by atoms with Crippen LogP contribution in [0.2, 0.25) is 0 Å². The highest BCUT2D eigenvalue weighted by Gasteiger charge is 2.07. The zero-order chi connectivity index (χ0) is 12.3. The number of aliphatic hydroxyl groups excluding tert-OH is 1. The van der Waals surface area contributed by atoms with Crippen LogP contribution in [-0.4, -0.2) is 38.2 Å². The number of H-pyrrole nitrogens is 1. The summed E-state index contributed by atoms with van der Waals surface area (Å²) >= 11 is 4.12. The fraction of sp³-hybridized carbons (Fsp3) is 0.300. The van der Waals surface area contributed by atoms with Crippen LogP contribution in [0.25, 0.3) is 11.2 Å². The van der Waals surface area contributed by atoms with E-state index < -0.39 is 0 Å². The molecule has 90 valence electrons. The number of fused-ring (bicyclic) bond motifs is 1. The fourth-order valence-electron chi connectivity index (χ4n) is 1.33. The van der Waals surface area contributed by atoms with Crippen LogP contribution in [0.5, 0.6) is 0 Å². The van der Waals surface area contributed by atoms with Gasteiger partial charge < -0.3 is 15.4 Å². The zero-order valence-corrected chi connectivity index (χ0v) is 10.2. The van der Waals surface area contributed by atoms with Crippen molar-refractivity contribution in [2.75, 3.05) is 18.5 Å². The van der Waals surface area contributed by atoms with Gasteiger partial charge in [0.1, 0.15) is 5.52 Å². The van der Waals surface area contributed by atoms with Crippen molar-refractivity contribution in [1.29, 1.82) is 0 Å². The van der Waals surface area contributed by atoms with Crippen molar-refractivity contribution >= 4 is 29.6 Å². The van der Waals surface area contributed by atoms with Crippen molar-refractivity contribution in [3.05, 3.63) is 18.0 Å². The molecule has 6 nitrogen and oxygen atoms in total. The summed E-state index contributed by atoms with van der Waals surface area (Å²) in [6, 6.07) is 0.